The number of pyridine rings is 1. The summed E-state index contributed by atoms with van der Waals surface area (Å²) in [6, 6.07) is 8.55. The number of hydrogen-bond donors (Lipinski definition) is 1. The van der Waals surface area contributed by atoms with Gasteiger partial charge in [0.2, 0.25) is 0 Å². The Morgan fingerprint density at radius 1 is 1.12 bits per heavy atom. The molecular weight excluding hydrogens is 363 g/mol. The van der Waals surface area contributed by atoms with Crippen molar-refractivity contribution in [2.45, 2.75) is 32.8 Å². The van der Waals surface area contributed by atoms with Crippen LogP contribution in [0.15, 0.2) is 36.5 Å². The highest BCUT2D eigenvalue weighted by Crippen LogP contribution is 2.23. The highest BCUT2D eigenvalue weighted by Gasteiger charge is 2.20. The fourth-order valence-corrected chi connectivity index (χ4v) is 2.44. The molecule has 1 atom stereocenters. The maximum Gasteiger partial charge on any atom is 0.338 e. The van der Waals surface area contributed by atoms with Gasteiger partial charge in [0.05, 0.1) is 15.6 Å². The van der Waals surface area contributed by atoms with E-state index >= 15 is 0 Å². The lowest BCUT2D eigenvalue weighted by Crippen LogP contribution is -2.30. The van der Waals surface area contributed by atoms with Crippen LogP contribution in [0.1, 0.15) is 42.6 Å². The van der Waals surface area contributed by atoms with Crippen LogP contribution in [0.25, 0.3) is 0 Å². The Labute approximate surface area is 156 Å². The SMILES string of the molecule is CC(C)c1ccc(C(=O)O[C@@H](C)C(=O)Nc2ncc(Cl)cc2Cl)cc1. The molecule has 0 saturated carbocycles. The number of nitrogens with zero attached hydrogens (tertiary/aromatic N) is 1. The second kappa shape index (κ2) is 8.32. The second-order valence-corrected chi connectivity index (χ2v) is 6.64. The molecule has 132 valence electrons. The van der Waals surface area contributed by atoms with Crippen molar-refractivity contribution >= 4 is 40.9 Å². The van der Waals surface area contributed by atoms with E-state index in [1.165, 1.54) is 19.2 Å². The summed E-state index contributed by atoms with van der Waals surface area (Å²) in [5, 5.41) is 3.05. The molecule has 0 bridgehead atoms. The van der Waals surface area contributed by atoms with Gasteiger partial charge in [0.1, 0.15) is 0 Å². The molecule has 0 unspecified atom stereocenters. The summed E-state index contributed by atoms with van der Waals surface area (Å²) < 4.78 is 5.19. The van der Waals surface area contributed by atoms with E-state index < -0.39 is 18.0 Å². The zero-order valence-electron chi connectivity index (χ0n) is 14.0. The highest BCUT2D eigenvalue weighted by atomic mass is 35.5. The van der Waals surface area contributed by atoms with Gasteiger partial charge in [0, 0.05) is 6.20 Å². The summed E-state index contributed by atoms with van der Waals surface area (Å²) in [6.07, 6.45) is 0.349. The van der Waals surface area contributed by atoms with Crippen LogP contribution in [0.4, 0.5) is 5.82 Å². The van der Waals surface area contributed by atoms with Crippen LogP contribution in [0.5, 0.6) is 0 Å². The molecule has 0 fully saturated rings. The van der Waals surface area contributed by atoms with E-state index in [1.807, 2.05) is 12.1 Å². The van der Waals surface area contributed by atoms with Gasteiger partial charge in [0.25, 0.3) is 5.91 Å². The van der Waals surface area contributed by atoms with Crippen molar-refractivity contribution in [1.82, 2.24) is 4.98 Å². The zero-order valence-corrected chi connectivity index (χ0v) is 15.6. The molecule has 2 rings (SSSR count). The fourth-order valence-electron chi connectivity index (χ4n) is 2.01. The normalized spacial score (nSPS) is 11.9. The zero-order chi connectivity index (χ0) is 18.6. The number of esters is 1. The van der Waals surface area contributed by atoms with Crippen LogP contribution < -0.4 is 5.32 Å². The van der Waals surface area contributed by atoms with Gasteiger partial charge >= 0.3 is 5.97 Å². The standard InChI is InChI=1S/C18H18Cl2N2O3/c1-10(2)12-4-6-13(7-5-12)18(24)25-11(3)17(23)22-16-15(20)8-14(19)9-21-16/h4-11H,1-3H3,(H,21,22,23)/t11-/m0/s1. The van der Waals surface area contributed by atoms with Gasteiger partial charge in [-0.05, 0) is 36.6 Å². The summed E-state index contributed by atoms with van der Waals surface area (Å²) in [5.74, 6) is -0.594. The Hall–Kier alpha value is -2.11. The molecule has 0 saturated heterocycles. The van der Waals surface area contributed by atoms with Crippen LogP contribution in [0.3, 0.4) is 0 Å². The number of ether oxygens (including phenoxy) is 1. The lowest BCUT2D eigenvalue weighted by atomic mass is 10.0. The number of halogens is 2. The Bertz CT molecular complexity index is 776. The van der Waals surface area contributed by atoms with Crippen molar-refractivity contribution in [2.24, 2.45) is 0 Å². The molecule has 25 heavy (non-hydrogen) atoms. The largest absolute Gasteiger partial charge is 0.449 e. The van der Waals surface area contributed by atoms with Gasteiger partial charge < -0.3 is 10.1 Å². The topological polar surface area (TPSA) is 68.3 Å². The average molecular weight is 381 g/mol. The predicted octanol–water partition coefficient (Wildman–Crippen LogP) is 4.70. The summed E-state index contributed by atoms with van der Waals surface area (Å²) in [6.45, 7) is 5.60. The number of nitrogens with one attached hydrogen (secondary N) is 1. The molecule has 1 aromatic carbocycles. The third-order valence-electron chi connectivity index (χ3n) is 3.52. The van der Waals surface area contributed by atoms with Crippen LogP contribution in [-0.2, 0) is 9.53 Å². The third-order valence-corrected chi connectivity index (χ3v) is 4.01. The fraction of sp³-hybridized carbons (Fsp3) is 0.278. The minimum absolute atomic E-state index is 0.153. The van der Waals surface area contributed by atoms with Gasteiger partial charge in [-0.2, -0.15) is 0 Å². The first kappa shape index (κ1) is 19.2. The van der Waals surface area contributed by atoms with Crippen LogP contribution in [-0.4, -0.2) is 23.0 Å². The maximum atomic E-state index is 12.1. The van der Waals surface area contributed by atoms with E-state index in [-0.39, 0.29) is 10.8 Å². The quantitative estimate of drug-likeness (QED) is 0.763. The first-order valence-corrected chi connectivity index (χ1v) is 8.46. The van der Waals surface area contributed by atoms with Gasteiger partial charge in [0.15, 0.2) is 11.9 Å². The van der Waals surface area contributed by atoms with Gasteiger partial charge in [-0.1, -0.05) is 49.2 Å². The maximum absolute atomic E-state index is 12.1. The summed E-state index contributed by atoms with van der Waals surface area (Å²) >= 11 is 11.7. The number of amides is 1. The number of aromatic nitrogens is 1. The first-order valence-electron chi connectivity index (χ1n) is 7.70. The van der Waals surface area contributed by atoms with Gasteiger partial charge in [-0.15, -0.1) is 0 Å². The Morgan fingerprint density at radius 2 is 1.76 bits per heavy atom. The van der Waals surface area contributed by atoms with Crippen molar-refractivity contribution in [2.75, 3.05) is 5.32 Å². The lowest BCUT2D eigenvalue weighted by Gasteiger charge is -2.14. The van der Waals surface area contributed by atoms with E-state index in [0.717, 1.165) is 5.56 Å². The molecule has 0 spiro atoms. The summed E-state index contributed by atoms with van der Waals surface area (Å²) in [4.78, 5) is 28.2. The Kier molecular flexibility index (Phi) is 6.39. The molecule has 1 amide bonds. The summed E-state index contributed by atoms with van der Waals surface area (Å²) in [7, 11) is 0. The molecule has 1 heterocycles. The molecule has 2 aromatic rings. The molecule has 7 heteroatoms. The Balaban J connectivity index is 1.99. The van der Waals surface area contributed by atoms with Crippen molar-refractivity contribution < 1.29 is 14.3 Å². The molecular formula is C18H18Cl2N2O3. The molecule has 0 radical (unpaired) electrons. The summed E-state index contributed by atoms with van der Waals surface area (Å²) in [5.41, 5.74) is 1.50. The molecule has 1 aromatic heterocycles. The lowest BCUT2D eigenvalue weighted by molar-refractivity contribution is -0.123. The van der Waals surface area contributed by atoms with Gasteiger partial charge in [-0.25, -0.2) is 9.78 Å². The first-order chi connectivity index (χ1) is 11.8. The van der Waals surface area contributed by atoms with E-state index in [0.29, 0.717) is 16.5 Å². The second-order valence-electron chi connectivity index (χ2n) is 5.80. The number of hydrogen-bond acceptors (Lipinski definition) is 4. The van der Waals surface area contributed by atoms with Crippen molar-refractivity contribution in [3.05, 3.63) is 57.7 Å². The average Bonchev–Trinajstić information content (AvgIpc) is 2.57. The van der Waals surface area contributed by atoms with Crippen LogP contribution in [0.2, 0.25) is 10.0 Å². The predicted molar refractivity (Wildman–Crippen MR) is 98.3 cm³/mol. The number of carbonyl (C=O) groups excluding carboxylic acids is 2. The monoisotopic (exact) mass is 380 g/mol. The van der Waals surface area contributed by atoms with E-state index in [9.17, 15) is 9.59 Å². The smallest absolute Gasteiger partial charge is 0.338 e. The Morgan fingerprint density at radius 3 is 2.32 bits per heavy atom. The number of rotatable bonds is 5. The van der Waals surface area contributed by atoms with Crippen LogP contribution >= 0.6 is 23.2 Å². The molecule has 5 nitrogen and oxygen atoms in total. The van der Waals surface area contributed by atoms with Gasteiger partial charge in [-0.3, -0.25) is 4.79 Å². The molecule has 0 aliphatic heterocycles. The third kappa shape index (κ3) is 5.18. The van der Waals surface area contributed by atoms with E-state index in [1.54, 1.807) is 12.1 Å². The highest BCUT2D eigenvalue weighted by molar-refractivity contribution is 6.36. The number of carbonyl (C=O) groups is 2. The molecule has 0 aliphatic rings. The minimum atomic E-state index is -1.01. The van der Waals surface area contributed by atoms with E-state index in [4.69, 9.17) is 27.9 Å². The van der Waals surface area contributed by atoms with Crippen molar-refractivity contribution in [3.63, 3.8) is 0 Å². The van der Waals surface area contributed by atoms with E-state index in [2.05, 4.69) is 24.1 Å². The van der Waals surface area contributed by atoms with Crippen molar-refractivity contribution in [1.29, 1.82) is 0 Å². The molecule has 1 N–H and O–H groups in total. The van der Waals surface area contributed by atoms with Crippen molar-refractivity contribution in [3.8, 4) is 0 Å². The van der Waals surface area contributed by atoms with Crippen LogP contribution in [0, 0.1) is 0 Å². The number of benzene rings is 1. The minimum Gasteiger partial charge on any atom is -0.449 e. The number of anilines is 1. The molecule has 0 aliphatic carbocycles.